The second-order valence-corrected chi connectivity index (χ2v) is 7.52. The molecule has 0 radical (unpaired) electrons. The predicted molar refractivity (Wildman–Crippen MR) is 103 cm³/mol. The van der Waals surface area contributed by atoms with E-state index in [4.69, 9.17) is 23.2 Å². The molecule has 0 N–H and O–H groups in total. The van der Waals surface area contributed by atoms with Crippen LogP contribution in [0.1, 0.15) is 48.9 Å². The van der Waals surface area contributed by atoms with Crippen molar-refractivity contribution < 1.29 is 4.79 Å². The lowest BCUT2D eigenvalue weighted by molar-refractivity contribution is 0.0496. The molecular formula is C18H25Cl3N2O. The highest BCUT2D eigenvalue weighted by atomic mass is 35.5. The molecule has 1 saturated heterocycles. The molecule has 1 aromatic rings. The molecule has 1 aromatic carbocycles. The fraction of sp³-hybridized carbons (Fsp3) is 0.611. The normalized spacial score (nSPS) is 24.5. The zero-order chi connectivity index (χ0) is 16.4. The highest BCUT2D eigenvalue weighted by molar-refractivity contribution is 6.42. The minimum atomic E-state index is 0. The maximum atomic E-state index is 12.9. The van der Waals surface area contributed by atoms with E-state index in [0.717, 1.165) is 6.42 Å². The first-order valence-corrected chi connectivity index (χ1v) is 9.30. The van der Waals surface area contributed by atoms with Crippen LogP contribution in [0.5, 0.6) is 0 Å². The number of carbonyl (C=O) groups is 1. The Morgan fingerprint density at radius 2 is 1.75 bits per heavy atom. The van der Waals surface area contributed by atoms with Crippen molar-refractivity contribution in [2.45, 2.75) is 50.6 Å². The fourth-order valence-corrected chi connectivity index (χ4v) is 4.32. The van der Waals surface area contributed by atoms with E-state index >= 15 is 0 Å². The number of rotatable bonds is 3. The van der Waals surface area contributed by atoms with Gasteiger partial charge in [0.2, 0.25) is 0 Å². The quantitative estimate of drug-likeness (QED) is 0.732. The van der Waals surface area contributed by atoms with Crippen molar-refractivity contribution in [3.63, 3.8) is 0 Å². The van der Waals surface area contributed by atoms with Gasteiger partial charge in [0.05, 0.1) is 10.0 Å². The number of hydrogen-bond acceptors (Lipinski definition) is 2. The van der Waals surface area contributed by atoms with E-state index in [9.17, 15) is 4.79 Å². The van der Waals surface area contributed by atoms with Gasteiger partial charge in [-0.05, 0) is 57.0 Å². The minimum Gasteiger partial charge on any atom is -0.337 e. The Balaban J connectivity index is 0.00000208. The van der Waals surface area contributed by atoms with Crippen LogP contribution in [0.15, 0.2) is 18.2 Å². The van der Waals surface area contributed by atoms with Gasteiger partial charge < -0.3 is 4.90 Å². The van der Waals surface area contributed by atoms with Crippen LogP contribution in [0.25, 0.3) is 0 Å². The van der Waals surface area contributed by atoms with Gasteiger partial charge in [-0.15, -0.1) is 12.4 Å². The molecule has 1 saturated carbocycles. The number of amides is 1. The Hall–Kier alpha value is -0.480. The van der Waals surface area contributed by atoms with Crippen LogP contribution in [0.2, 0.25) is 10.0 Å². The van der Waals surface area contributed by atoms with Crippen LogP contribution < -0.4 is 0 Å². The molecule has 134 valence electrons. The molecule has 24 heavy (non-hydrogen) atoms. The van der Waals surface area contributed by atoms with Gasteiger partial charge in [0.1, 0.15) is 0 Å². The van der Waals surface area contributed by atoms with E-state index in [1.165, 1.54) is 45.2 Å². The van der Waals surface area contributed by atoms with Gasteiger partial charge in [-0.25, -0.2) is 0 Å². The summed E-state index contributed by atoms with van der Waals surface area (Å²) in [5.74, 6) is 0.0414. The van der Waals surface area contributed by atoms with E-state index in [1.54, 1.807) is 18.2 Å². The third kappa shape index (κ3) is 4.19. The summed E-state index contributed by atoms with van der Waals surface area (Å²) in [5, 5.41) is 0.920. The second-order valence-electron chi connectivity index (χ2n) is 6.71. The molecule has 0 spiro atoms. The van der Waals surface area contributed by atoms with Crippen molar-refractivity contribution in [1.29, 1.82) is 0 Å². The summed E-state index contributed by atoms with van der Waals surface area (Å²) in [6, 6.07) is 5.94. The molecular weight excluding hydrogens is 367 g/mol. The Labute approximate surface area is 160 Å². The van der Waals surface area contributed by atoms with E-state index in [0.29, 0.717) is 27.7 Å². The summed E-state index contributed by atoms with van der Waals surface area (Å²) in [7, 11) is 1.93. The van der Waals surface area contributed by atoms with Gasteiger partial charge in [-0.2, -0.15) is 0 Å². The molecule has 2 fully saturated rings. The first kappa shape index (κ1) is 19.8. The smallest absolute Gasteiger partial charge is 0.253 e. The molecule has 3 nitrogen and oxygen atoms in total. The molecule has 2 aliphatic rings. The molecule has 1 aliphatic heterocycles. The average molecular weight is 392 g/mol. The topological polar surface area (TPSA) is 23.6 Å². The van der Waals surface area contributed by atoms with Crippen molar-refractivity contribution in [1.82, 2.24) is 9.80 Å². The van der Waals surface area contributed by atoms with E-state index in [2.05, 4.69) is 4.90 Å². The second kappa shape index (κ2) is 8.75. The van der Waals surface area contributed by atoms with E-state index in [-0.39, 0.29) is 18.3 Å². The lowest BCUT2D eigenvalue weighted by atomic mass is 9.88. The maximum Gasteiger partial charge on any atom is 0.253 e. The van der Waals surface area contributed by atoms with Crippen molar-refractivity contribution in [3.8, 4) is 0 Å². The number of hydrogen-bond donors (Lipinski definition) is 0. The summed E-state index contributed by atoms with van der Waals surface area (Å²) < 4.78 is 0. The Bertz CT molecular complexity index is 575. The van der Waals surface area contributed by atoms with Gasteiger partial charge in [-0.3, -0.25) is 9.69 Å². The van der Waals surface area contributed by atoms with Gasteiger partial charge in [0.15, 0.2) is 0 Å². The number of likely N-dealkylation sites (N-methyl/N-ethyl adjacent to an activating group) is 1. The van der Waals surface area contributed by atoms with Crippen molar-refractivity contribution >= 4 is 41.5 Å². The highest BCUT2D eigenvalue weighted by Gasteiger charge is 2.35. The lowest BCUT2D eigenvalue weighted by Crippen LogP contribution is -2.53. The predicted octanol–water partition coefficient (Wildman–Crippen LogP) is 4.89. The summed E-state index contributed by atoms with van der Waals surface area (Å²) in [5.41, 5.74) is 0.618. The van der Waals surface area contributed by atoms with E-state index in [1.807, 2.05) is 11.9 Å². The Morgan fingerprint density at radius 1 is 1.08 bits per heavy atom. The third-order valence-corrected chi connectivity index (χ3v) is 6.03. The molecule has 0 unspecified atom stereocenters. The lowest BCUT2D eigenvalue weighted by Gasteiger charge is -2.42. The van der Waals surface area contributed by atoms with Gasteiger partial charge in [-0.1, -0.05) is 36.0 Å². The van der Waals surface area contributed by atoms with Crippen LogP contribution in [0.4, 0.5) is 0 Å². The molecule has 1 aliphatic carbocycles. The molecule has 1 heterocycles. The van der Waals surface area contributed by atoms with Crippen molar-refractivity contribution in [2.24, 2.45) is 0 Å². The summed E-state index contributed by atoms with van der Waals surface area (Å²) in [4.78, 5) is 17.4. The number of benzene rings is 1. The van der Waals surface area contributed by atoms with Crippen molar-refractivity contribution in [3.05, 3.63) is 33.8 Å². The maximum absolute atomic E-state index is 12.9. The zero-order valence-electron chi connectivity index (χ0n) is 14.0. The number of carbonyl (C=O) groups excluding carboxylic acids is 1. The third-order valence-electron chi connectivity index (χ3n) is 5.29. The first-order valence-electron chi connectivity index (χ1n) is 8.54. The number of likely N-dealkylation sites (tertiary alicyclic amines) is 1. The fourth-order valence-electron chi connectivity index (χ4n) is 4.03. The first-order chi connectivity index (χ1) is 11.1. The van der Waals surface area contributed by atoms with Crippen LogP contribution in [-0.2, 0) is 0 Å². The van der Waals surface area contributed by atoms with Crippen molar-refractivity contribution in [2.75, 3.05) is 20.1 Å². The molecule has 3 rings (SSSR count). The summed E-state index contributed by atoms with van der Waals surface area (Å²) in [6.07, 6.45) is 7.33. The van der Waals surface area contributed by atoms with Gasteiger partial charge in [0, 0.05) is 24.7 Å². The molecule has 6 heteroatoms. The summed E-state index contributed by atoms with van der Waals surface area (Å²) >= 11 is 12.0. The molecule has 2 atom stereocenters. The monoisotopic (exact) mass is 390 g/mol. The standard InChI is InChI=1S/C18H24Cl2N2O.ClH/c1-21(18(23)13-8-9-14(19)15(20)12-13)16-6-2-3-7-17(16)22-10-4-5-11-22;/h8-9,12,16-17H,2-7,10-11H2,1H3;1H/t16-,17-;/m1./s1. The number of halogens is 3. The van der Waals surface area contributed by atoms with Gasteiger partial charge >= 0.3 is 0 Å². The zero-order valence-corrected chi connectivity index (χ0v) is 16.3. The number of nitrogens with zero attached hydrogens (tertiary/aromatic N) is 2. The van der Waals surface area contributed by atoms with Crippen LogP contribution in [-0.4, -0.2) is 47.9 Å². The Kier molecular flexibility index (Phi) is 7.23. The molecule has 0 aromatic heterocycles. The molecule has 1 amide bonds. The average Bonchev–Trinajstić information content (AvgIpc) is 3.10. The SMILES string of the molecule is CN(C(=O)c1ccc(Cl)c(Cl)c1)[C@@H]1CCCC[C@H]1N1CCCC1.Cl. The minimum absolute atomic E-state index is 0. The highest BCUT2D eigenvalue weighted by Crippen LogP contribution is 2.30. The van der Waals surface area contributed by atoms with Crippen LogP contribution in [0, 0.1) is 0 Å². The largest absolute Gasteiger partial charge is 0.337 e. The van der Waals surface area contributed by atoms with Crippen LogP contribution in [0.3, 0.4) is 0 Å². The van der Waals surface area contributed by atoms with E-state index < -0.39 is 0 Å². The summed E-state index contributed by atoms with van der Waals surface area (Å²) in [6.45, 7) is 2.35. The Morgan fingerprint density at radius 3 is 2.42 bits per heavy atom. The molecule has 0 bridgehead atoms. The van der Waals surface area contributed by atoms with Gasteiger partial charge in [0.25, 0.3) is 5.91 Å². The van der Waals surface area contributed by atoms with Crippen LogP contribution >= 0.6 is 35.6 Å².